The van der Waals surface area contributed by atoms with Gasteiger partial charge in [-0.05, 0) is 31.6 Å². The molecule has 1 fully saturated rings. The zero-order chi connectivity index (χ0) is 13.7. The van der Waals surface area contributed by atoms with Crippen LogP contribution in [0, 0.1) is 5.82 Å². The molecule has 106 valence electrons. The van der Waals surface area contributed by atoms with Crippen molar-refractivity contribution in [2.75, 3.05) is 44.7 Å². The van der Waals surface area contributed by atoms with Gasteiger partial charge in [0.25, 0.3) is 0 Å². The van der Waals surface area contributed by atoms with Crippen molar-refractivity contribution in [1.29, 1.82) is 0 Å². The van der Waals surface area contributed by atoms with Gasteiger partial charge in [0.1, 0.15) is 5.82 Å². The van der Waals surface area contributed by atoms with E-state index in [9.17, 15) is 4.39 Å². The highest BCUT2D eigenvalue weighted by molar-refractivity contribution is 5.55. The van der Waals surface area contributed by atoms with E-state index < -0.39 is 0 Å². The molecule has 3 nitrogen and oxygen atoms in total. The van der Waals surface area contributed by atoms with E-state index in [4.69, 9.17) is 0 Å². The van der Waals surface area contributed by atoms with Gasteiger partial charge in [0.15, 0.2) is 0 Å². The number of likely N-dealkylation sites (N-methyl/N-ethyl adjacent to an activating group) is 1. The first kappa shape index (κ1) is 14.3. The van der Waals surface area contributed by atoms with Crippen molar-refractivity contribution >= 4 is 5.69 Å². The van der Waals surface area contributed by atoms with Gasteiger partial charge in [-0.2, -0.15) is 0 Å². The van der Waals surface area contributed by atoms with Gasteiger partial charge in [-0.15, -0.1) is 0 Å². The van der Waals surface area contributed by atoms with Gasteiger partial charge in [0.05, 0.1) is 5.69 Å². The monoisotopic (exact) mass is 265 g/mol. The first-order chi connectivity index (χ1) is 9.22. The molecule has 0 bridgehead atoms. The lowest BCUT2D eigenvalue weighted by atomic mass is 10.1. The van der Waals surface area contributed by atoms with Gasteiger partial charge in [-0.1, -0.05) is 19.1 Å². The molecule has 0 saturated carbocycles. The Balaban J connectivity index is 2.13. The standard InChI is InChI=1S/C15H24FN3/c1-3-7-17-12-13-5-4-6-14(16)15(13)19-10-8-18(2)9-11-19/h4-6,17H,3,7-12H2,1-2H3. The SMILES string of the molecule is CCCNCc1cccc(F)c1N1CCN(C)CC1. The summed E-state index contributed by atoms with van der Waals surface area (Å²) in [6, 6.07) is 5.40. The summed E-state index contributed by atoms with van der Waals surface area (Å²) in [6.07, 6.45) is 1.10. The van der Waals surface area contributed by atoms with Gasteiger partial charge >= 0.3 is 0 Å². The molecule has 1 saturated heterocycles. The molecule has 1 N–H and O–H groups in total. The maximum absolute atomic E-state index is 14.2. The van der Waals surface area contributed by atoms with Crippen LogP contribution in [0.5, 0.6) is 0 Å². The molecule has 1 heterocycles. The Morgan fingerprint density at radius 3 is 2.63 bits per heavy atom. The number of hydrogen-bond donors (Lipinski definition) is 1. The van der Waals surface area contributed by atoms with Gasteiger partial charge in [0, 0.05) is 32.7 Å². The fraction of sp³-hybridized carbons (Fsp3) is 0.600. The van der Waals surface area contributed by atoms with Crippen LogP contribution in [0.3, 0.4) is 0 Å². The number of halogens is 1. The predicted octanol–water partition coefficient (Wildman–Crippen LogP) is 2.08. The summed E-state index contributed by atoms with van der Waals surface area (Å²) in [5, 5.41) is 3.36. The van der Waals surface area contributed by atoms with E-state index in [0.29, 0.717) is 0 Å². The van der Waals surface area contributed by atoms with Gasteiger partial charge in [0.2, 0.25) is 0 Å². The number of piperazine rings is 1. The number of benzene rings is 1. The lowest BCUT2D eigenvalue weighted by Crippen LogP contribution is -2.45. The summed E-state index contributed by atoms with van der Waals surface area (Å²) in [4.78, 5) is 4.46. The highest BCUT2D eigenvalue weighted by atomic mass is 19.1. The maximum Gasteiger partial charge on any atom is 0.146 e. The van der Waals surface area contributed by atoms with E-state index in [1.807, 2.05) is 6.07 Å². The number of nitrogens with one attached hydrogen (secondary N) is 1. The summed E-state index contributed by atoms with van der Waals surface area (Å²) in [5.41, 5.74) is 1.86. The highest BCUT2D eigenvalue weighted by Gasteiger charge is 2.19. The average Bonchev–Trinajstić information content (AvgIpc) is 2.41. The smallest absolute Gasteiger partial charge is 0.146 e. The summed E-state index contributed by atoms with van der Waals surface area (Å²) in [5.74, 6) is -0.0969. The molecule has 0 radical (unpaired) electrons. The minimum Gasteiger partial charge on any atom is -0.366 e. The summed E-state index contributed by atoms with van der Waals surface area (Å²) < 4.78 is 14.2. The van der Waals surface area contributed by atoms with Gasteiger partial charge in [-0.3, -0.25) is 0 Å². The quantitative estimate of drug-likeness (QED) is 0.822. The van der Waals surface area contributed by atoms with Gasteiger partial charge < -0.3 is 15.1 Å². The van der Waals surface area contributed by atoms with Crippen molar-refractivity contribution in [1.82, 2.24) is 10.2 Å². The number of anilines is 1. The van der Waals surface area contributed by atoms with Crippen molar-refractivity contribution in [2.45, 2.75) is 19.9 Å². The predicted molar refractivity (Wildman–Crippen MR) is 78.1 cm³/mol. The zero-order valence-corrected chi connectivity index (χ0v) is 12.0. The second-order valence-corrected chi connectivity index (χ2v) is 5.21. The molecule has 0 aliphatic carbocycles. The third kappa shape index (κ3) is 3.67. The Kier molecular flexibility index (Phi) is 5.16. The number of hydrogen-bond acceptors (Lipinski definition) is 3. The molecule has 0 atom stereocenters. The fourth-order valence-electron chi connectivity index (χ4n) is 2.49. The Morgan fingerprint density at radius 2 is 1.95 bits per heavy atom. The second kappa shape index (κ2) is 6.87. The van der Waals surface area contributed by atoms with Crippen LogP contribution in [0.4, 0.5) is 10.1 Å². The van der Waals surface area contributed by atoms with Crippen LogP contribution in [0.1, 0.15) is 18.9 Å². The fourth-order valence-corrected chi connectivity index (χ4v) is 2.49. The van der Waals surface area contributed by atoms with Crippen molar-refractivity contribution < 1.29 is 4.39 Å². The lowest BCUT2D eigenvalue weighted by molar-refractivity contribution is 0.311. The molecule has 0 aromatic heterocycles. The van der Waals surface area contributed by atoms with Crippen molar-refractivity contribution in [3.63, 3.8) is 0 Å². The first-order valence-electron chi connectivity index (χ1n) is 7.14. The molecule has 1 aliphatic rings. The van der Waals surface area contributed by atoms with Gasteiger partial charge in [-0.25, -0.2) is 4.39 Å². The third-order valence-corrected chi connectivity index (χ3v) is 3.63. The summed E-state index contributed by atoms with van der Waals surface area (Å²) >= 11 is 0. The van der Waals surface area contributed by atoms with Crippen LogP contribution in [0.25, 0.3) is 0 Å². The van der Waals surface area contributed by atoms with Crippen LogP contribution in [-0.2, 0) is 6.54 Å². The Hall–Kier alpha value is -1.13. The first-order valence-corrected chi connectivity index (χ1v) is 7.14. The molecule has 4 heteroatoms. The van der Waals surface area contributed by atoms with Crippen molar-refractivity contribution in [2.24, 2.45) is 0 Å². The number of para-hydroxylation sites is 1. The van der Waals surface area contributed by atoms with Crippen LogP contribution < -0.4 is 10.2 Å². The minimum absolute atomic E-state index is 0.0969. The van der Waals surface area contributed by atoms with Crippen LogP contribution in [-0.4, -0.2) is 44.7 Å². The Bertz CT molecular complexity index is 400. The Labute approximate surface area is 115 Å². The third-order valence-electron chi connectivity index (χ3n) is 3.63. The average molecular weight is 265 g/mol. The zero-order valence-electron chi connectivity index (χ0n) is 12.0. The minimum atomic E-state index is -0.0969. The van der Waals surface area contributed by atoms with Crippen LogP contribution in [0.2, 0.25) is 0 Å². The maximum atomic E-state index is 14.2. The second-order valence-electron chi connectivity index (χ2n) is 5.21. The van der Waals surface area contributed by atoms with E-state index in [1.54, 1.807) is 12.1 Å². The topological polar surface area (TPSA) is 18.5 Å². The number of rotatable bonds is 5. The molecule has 0 unspecified atom stereocenters. The molecule has 0 amide bonds. The largest absolute Gasteiger partial charge is 0.366 e. The number of nitrogens with zero attached hydrogens (tertiary/aromatic N) is 2. The molecular weight excluding hydrogens is 241 g/mol. The van der Waals surface area contributed by atoms with Crippen molar-refractivity contribution in [3.8, 4) is 0 Å². The van der Waals surface area contributed by atoms with E-state index >= 15 is 0 Å². The van der Waals surface area contributed by atoms with Crippen LogP contribution in [0.15, 0.2) is 18.2 Å². The lowest BCUT2D eigenvalue weighted by Gasteiger charge is -2.35. The molecule has 19 heavy (non-hydrogen) atoms. The summed E-state index contributed by atoms with van der Waals surface area (Å²) in [6.45, 7) is 7.65. The molecule has 1 aliphatic heterocycles. The molecule has 2 rings (SSSR count). The van der Waals surface area contributed by atoms with E-state index in [0.717, 1.165) is 56.9 Å². The molecule has 1 aromatic carbocycles. The molecular formula is C15H24FN3. The summed E-state index contributed by atoms with van der Waals surface area (Å²) in [7, 11) is 2.11. The van der Waals surface area contributed by atoms with Crippen molar-refractivity contribution in [3.05, 3.63) is 29.6 Å². The van der Waals surface area contributed by atoms with E-state index in [2.05, 4.69) is 29.1 Å². The normalized spacial score (nSPS) is 16.9. The highest BCUT2D eigenvalue weighted by Crippen LogP contribution is 2.25. The molecule has 1 aromatic rings. The van der Waals surface area contributed by atoms with Crippen LogP contribution >= 0.6 is 0 Å². The van der Waals surface area contributed by atoms with E-state index in [1.165, 1.54) is 0 Å². The molecule has 0 spiro atoms. The van der Waals surface area contributed by atoms with E-state index in [-0.39, 0.29) is 5.82 Å². The Morgan fingerprint density at radius 1 is 1.21 bits per heavy atom.